The first kappa shape index (κ1) is 20.7. The molecule has 1 nitrogen and oxygen atoms in total. The predicted molar refractivity (Wildman–Crippen MR) is 91.2 cm³/mol. The molecule has 2 rings (SSSR count). The molecule has 146 valence electrons. The van der Waals surface area contributed by atoms with Crippen molar-refractivity contribution in [3.8, 4) is 5.75 Å². The van der Waals surface area contributed by atoms with Crippen molar-refractivity contribution in [1.29, 1.82) is 0 Å². The lowest BCUT2D eigenvalue weighted by molar-refractivity contribution is -0.114. The molecule has 0 bridgehead atoms. The van der Waals surface area contributed by atoms with Crippen LogP contribution in [0.4, 0.5) is 22.0 Å². The third-order valence-corrected chi connectivity index (χ3v) is 5.04. The molecule has 0 spiro atoms. The third-order valence-electron chi connectivity index (χ3n) is 5.04. The van der Waals surface area contributed by atoms with Gasteiger partial charge in [0.2, 0.25) is 0 Å². The maximum Gasteiger partial charge on any atom is 0.449 e. The molecular formula is C20H25F5O. The zero-order valence-electron chi connectivity index (χ0n) is 14.9. The van der Waals surface area contributed by atoms with Crippen LogP contribution in [0, 0.1) is 5.92 Å². The molecule has 1 aromatic rings. The van der Waals surface area contributed by atoms with Crippen LogP contribution >= 0.6 is 0 Å². The average molecular weight is 376 g/mol. The van der Waals surface area contributed by atoms with Gasteiger partial charge < -0.3 is 4.74 Å². The van der Waals surface area contributed by atoms with Crippen LogP contribution in [0.25, 0.3) is 0 Å². The quantitative estimate of drug-likeness (QED) is 0.271. The Labute approximate surface area is 151 Å². The van der Waals surface area contributed by atoms with Gasteiger partial charge in [0.25, 0.3) is 5.83 Å². The lowest BCUT2D eigenvalue weighted by Crippen LogP contribution is -2.13. The molecule has 26 heavy (non-hydrogen) atoms. The lowest BCUT2D eigenvalue weighted by Gasteiger charge is -2.29. The second kappa shape index (κ2) is 9.38. The van der Waals surface area contributed by atoms with Crippen molar-refractivity contribution in [2.75, 3.05) is 0 Å². The average Bonchev–Trinajstić information content (AvgIpc) is 2.62. The summed E-state index contributed by atoms with van der Waals surface area (Å²) in [7, 11) is 0. The Kier molecular flexibility index (Phi) is 7.47. The minimum Gasteiger partial charge on any atom is -0.430 e. The molecule has 1 fully saturated rings. The molecule has 1 aliphatic rings. The summed E-state index contributed by atoms with van der Waals surface area (Å²) in [5.74, 6) is -1.83. The van der Waals surface area contributed by atoms with Crippen LogP contribution in [-0.4, -0.2) is 6.18 Å². The number of allylic oxidation sites excluding steroid dienone is 1. The van der Waals surface area contributed by atoms with Crippen LogP contribution in [0.3, 0.4) is 0 Å². The summed E-state index contributed by atoms with van der Waals surface area (Å²) in [4.78, 5) is 0. The third kappa shape index (κ3) is 5.99. The molecule has 0 unspecified atom stereocenters. The van der Waals surface area contributed by atoms with Gasteiger partial charge in [0.1, 0.15) is 5.75 Å². The highest BCUT2D eigenvalue weighted by Gasteiger charge is 2.39. The summed E-state index contributed by atoms with van der Waals surface area (Å²) in [5.41, 5.74) is 1.06. The fourth-order valence-electron chi connectivity index (χ4n) is 3.54. The van der Waals surface area contributed by atoms with Gasteiger partial charge in [0, 0.05) is 0 Å². The number of unbranched alkanes of at least 4 members (excludes halogenated alkanes) is 2. The Morgan fingerprint density at radius 1 is 1.00 bits per heavy atom. The van der Waals surface area contributed by atoms with E-state index in [4.69, 9.17) is 0 Å². The number of hydrogen-bond acceptors (Lipinski definition) is 1. The van der Waals surface area contributed by atoms with Gasteiger partial charge in [-0.05, 0) is 55.2 Å². The van der Waals surface area contributed by atoms with E-state index in [0.29, 0.717) is 5.92 Å². The van der Waals surface area contributed by atoms with Crippen LogP contribution in [0.2, 0.25) is 0 Å². The maximum atomic E-state index is 13.2. The van der Waals surface area contributed by atoms with Crippen LogP contribution in [0.15, 0.2) is 36.1 Å². The largest absolute Gasteiger partial charge is 0.449 e. The molecule has 1 aliphatic carbocycles. The summed E-state index contributed by atoms with van der Waals surface area (Å²) >= 11 is 0. The van der Waals surface area contributed by atoms with Crippen molar-refractivity contribution in [1.82, 2.24) is 0 Å². The summed E-state index contributed by atoms with van der Waals surface area (Å²) in [5, 5.41) is 0. The normalized spacial score (nSPS) is 22.1. The van der Waals surface area contributed by atoms with Crippen LogP contribution in [-0.2, 0) is 0 Å². The molecule has 0 saturated heterocycles. The number of benzene rings is 1. The SMILES string of the molecule is CCCCCC1CCC(c2ccc(OC(F)=C(F)C(F)(F)F)cc2)CC1. The molecule has 1 aromatic carbocycles. The van der Waals surface area contributed by atoms with Crippen molar-refractivity contribution in [2.45, 2.75) is 70.4 Å². The summed E-state index contributed by atoms with van der Waals surface area (Å²) < 4.78 is 66.5. The van der Waals surface area contributed by atoms with E-state index in [1.807, 2.05) is 0 Å². The van der Waals surface area contributed by atoms with Gasteiger partial charge in [-0.3, -0.25) is 0 Å². The van der Waals surface area contributed by atoms with Crippen molar-refractivity contribution < 1.29 is 26.7 Å². The Bertz CT molecular complexity index is 583. The van der Waals surface area contributed by atoms with Crippen molar-refractivity contribution in [2.24, 2.45) is 5.92 Å². The highest BCUT2D eigenvalue weighted by atomic mass is 19.4. The first-order chi connectivity index (χ1) is 12.3. The van der Waals surface area contributed by atoms with E-state index in [1.54, 1.807) is 12.1 Å². The molecule has 0 amide bonds. The van der Waals surface area contributed by atoms with Crippen LogP contribution in [0.1, 0.15) is 69.8 Å². The Morgan fingerprint density at radius 2 is 1.62 bits per heavy atom. The molecule has 0 aliphatic heterocycles. The fourth-order valence-corrected chi connectivity index (χ4v) is 3.54. The standard InChI is InChI=1S/C20H25F5O/c1-2-3-4-5-14-6-8-15(9-7-14)16-10-12-17(13-11-16)26-19(22)18(21)20(23,24)25/h10-15H,2-9H2,1H3. The Balaban J connectivity index is 1.88. The van der Waals surface area contributed by atoms with Gasteiger partial charge in [-0.15, -0.1) is 0 Å². The second-order valence-corrected chi connectivity index (χ2v) is 6.97. The lowest BCUT2D eigenvalue weighted by atomic mass is 9.77. The van der Waals surface area contributed by atoms with E-state index in [0.717, 1.165) is 24.3 Å². The molecule has 0 radical (unpaired) electrons. The zero-order chi connectivity index (χ0) is 19.2. The summed E-state index contributed by atoms with van der Waals surface area (Å²) in [6, 6.07) is 3.93. The van der Waals surface area contributed by atoms with E-state index in [-0.39, 0.29) is 5.75 Å². The summed E-state index contributed by atoms with van der Waals surface area (Å²) in [6.45, 7) is 2.20. The van der Waals surface area contributed by atoms with Crippen molar-refractivity contribution >= 4 is 0 Å². The number of hydrogen-bond donors (Lipinski definition) is 0. The summed E-state index contributed by atoms with van der Waals surface area (Å²) in [6.07, 6.45) is 4.20. The molecule has 1 saturated carbocycles. The van der Waals surface area contributed by atoms with E-state index in [1.165, 1.54) is 50.7 Å². The number of rotatable bonds is 7. The molecule has 0 N–H and O–H groups in total. The van der Waals surface area contributed by atoms with Gasteiger partial charge in [-0.25, -0.2) is 0 Å². The van der Waals surface area contributed by atoms with Gasteiger partial charge in [0.05, 0.1) is 0 Å². The maximum absolute atomic E-state index is 13.2. The van der Waals surface area contributed by atoms with Crippen LogP contribution in [0.5, 0.6) is 5.75 Å². The smallest absolute Gasteiger partial charge is 0.430 e. The topological polar surface area (TPSA) is 9.23 Å². The van der Waals surface area contributed by atoms with E-state index in [9.17, 15) is 22.0 Å². The molecular weight excluding hydrogens is 351 g/mol. The number of alkyl halides is 3. The van der Waals surface area contributed by atoms with Gasteiger partial charge in [-0.2, -0.15) is 22.0 Å². The Hall–Kier alpha value is -1.59. The van der Waals surface area contributed by atoms with Crippen molar-refractivity contribution in [3.63, 3.8) is 0 Å². The fraction of sp³-hybridized carbons (Fsp3) is 0.600. The number of ether oxygens (including phenoxy) is 1. The van der Waals surface area contributed by atoms with Crippen molar-refractivity contribution in [3.05, 3.63) is 41.7 Å². The van der Waals surface area contributed by atoms with E-state index in [2.05, 4.69) is 11.7 Å². The minimum atomic E-state index is -5.39. The van der Waals surface area contributed by atoms with Gasteiger partial charge >= 0.3 is 12.2 Å². The second-order valence-electron chi connectivity index (χ2n) is 6.97. The van der Waals surface area contributed by atoms with E-state index >= 15 is 0 Å². The van der Waals surface area contributed by atoms with Crippen LogP contribution < -0.4 is 4.74 Å². The monoisotopic (exact) mass is 376 g/mol. The predicted octanol–water partition coefficient (Wildman–Crippen LogP) is 7.59. The molecule has 0 aromatic heterocycles. The highest BCUT2D eigenvalue weighted by molar-refractivity contribution is 5.30. The van der Waals surface area contributed by atoms with Gasteiger partial charge in [0.15, 0.2) is 0 Å². The molecule has 0 heterocycles. The molecule has 0 atom stereocenters. The number of halogens is 5. The Morgan fingerprint density at radius 3 is 2.15 bits per heavy atom. The highest BCUT2D eigenvalue weighted by Crippen LogP contribution is 2.38. The first-order valence-electron chi connectivity index (χ1n) is 9.21. The van der Waals surface area contributed by atoms with E-state index < -0.39 is 18.0 Å². The minimum absolute atomic E-state index is 0.154. The van der Waals surface area contributed by atoms with Gasteiger partial charge in [-0.1, -0.05) is 44.7 Å². The zero-order valence-corrected chi connectivity index (χ0v) is 14.9. The molecule has 6 heteroatoms. The first-order valence-corrected chi connectivity index (χ1v) is 9.21.